The van der Waals surface area contributed by atoms with Crippen molar-refractivity contribution in [1.82, 2.24) is 0 Å². The number of allylic oxidation sites excluding steroid dienone is 6. The molecule has 6 atom stereocenters. The van der Waals surface area contributed by atoms with E-state index < -0.39 is 0 Å². The van der Waals surface area contributed by atoms with Crippen LogP contribution in [-0.4, -0.2) is 0 Å². The van der Waals surface area contributed by atoms with Gasteiger partial charge in [0.1, 0.15) is 0 Å². The summed E-state index contributed by atoms with van der Waals surface area (Å²) in [5, 5.41) is 0. The number of hydrogen-bond acceptors (Lipinski definition) is 0. The van der Waals surface area contributed by atoms with Crippen molar-refractivity contribution in [2.45, 2.75) is 59.3 Å². The van der Waals surface area contributed by atoms with E-state index >= 15 is 0 Å². The van der Waals surface area contributed by atoms with E-state index in [9.17, 15) is 0 Å². The minimum Gasteiger partial charge on any atom is -0.0738 e. The van der Waals surface area contributed by atoms with Gasteiger partial charge in [-0.2, -0.15) is 0 Å². The molecule has 0 amide bonds. The molecule has 2 saturated carbocycles. The third kappa shape index (κ3) is 2.26. The molecule has 0 nitrogen and oxygen atoms in total. The summed E-state index contributed by atoms with van der Waals surface area (Å²) in [6, 6.07) is 0. The van der Waals surface area contributed by atoms with Gasteiger partial charge in [-0.3, -0.25) is 0 Å². The van der Waals surface area contributed by atoms with Gasteiger partial charge in [0.25, 0.3) is 0 Å². The average Bonchev–Trinajstić information content (AvgIpc) is 2.46. The largest absolute Gasteiger partial charge is 0.0738 e. The molecule has 114 valence electrons. The van der Waals surface area contributed by atoms with E-state index in [-0.39, 0.29) is 0 Å². The van der Waals surface area contributed by atoms with Crippen LogP contribution in [0.2, 0.25) is 0 Å². The Bertz CT molecular complexity index is 518. The van der Waals surface area contributed by atoms with Gasteiger partial charge < -0.3 is 0 Å². The fourth-order valence-electron chi connectivity index (χ4n) is 5.86. The van der Waals surface area contributed by atoms with Crippen molar-refractivity contribution in [3.63, 3.8) is 0 Å². The zero-order valence-corrected chi connectivity index (χ0v) is 13.9. The van der Waals surface area contributed by atoms with E-state index in [1.54, 1.807) is 5.57 Å². The van der Waals surface area contributed by atoms with Crippen LogP contribution in [0.4, 0.5) is 0 Å². The molecule has 0 N–H and O–H groups in total. The lowest BCUT2D eigenvalue weighted by Gasteiger charge is -2.51. The Hall–Kier alpha value is -0.780. The second-order valence-corrected chi connectivity index (χ2v) is 8.49. The van der Waals surface area contributed by atoms with Crippen LogP contribution in [0.3, 0.4) is 0 Å². The Morgan fingerprint density at radius 1 is 0.905 bits per heavy atom. The predicted octanol–water partition coefficient (Wildman–Crippen LogP) is 5.92. The zero-order valence-electron chi connectivity index (χ0n) is 13.9. The molecule has 0 heterocycles. The smallest absolute Gasteiger partial charge is 0.00544 e. The van der Waals surface area contributed by atoms with Gasteiger partial charge in [0, 0.05) is 5.92 Å². The van der Waals surface area contributed by atoms with E-state index in [0.717, 1.165) is 35.5 Å². The van der Waals surface area contributed by atoms with E-state index in [1.165, 1.54) is 44.1 Å². The third-order valence-electron chi connectivity index (χ3n) is 6.88. The lowest BCUT2D eigenvalue weighted by atomic mass is 9.53. The first-order valence-corrected chi connectivity index (χ1v) is 9.23. The summed E-state index contributed by atoms with van der Waals surface area (Å²) >= 11 is 0. The Kier molecular flexibility index (Phi) is 3.39. The maximum Gasteiger partial charge on any atom is 0.00544 e. The lowest BCUT2D eigenvalue weighted by molar-refractivity contribution is 0.0859. The molecule has 4 aliphatic rings. The quantitative estimate of drug-likeness (QED) is 0.517. The van der Waals surface area contributed by atoms with Crippen molar-refractivity contribution < 1.29 is 0 Å². The molecule has 0 bridgehead atoms. The fourth-order valence-corrected chi connectivity index (χ4v) is 5.86. The fraction of sp³-hybridized carbons (Fsp3) is 0.714. The Balaban J connectivity index is 1.78. The highest BCUT2D eigenvalue weighted by Crippen LogP contribution is 2.56. The van der Waals surface area contributed by atoms with Crippen molar-refractivity contribution in [3.05, 3.63) is 34.9 Å². The van der Waals surface area contributed by atoms with Gasteiger partial charge in [-0.25, -0.2) is 0 Å². The monoisotopic (exact) mass is 282 g/mol. The SMILES string of the molecule is CC1=CC2C(=C3CC(C)CCC3C3CC(C)CCC23)C=C1. The molecule has 0 aliphatic heterocycles. The number of rotatable bonds is 0. The van der Waals surface area contributed by atoms with Crippen LogP contribution >= 0.6 is 0 Å². The molecule has 0 spiro atoms. The van der Waals surface area contributed by atoms with Crippen molar-refractivity contribution in [1.29, 1.82) is 0 Å². The van der Waals surface area contributed by atoms with Crippen LogP contribution < -0.4 is 0 Å². The van der Waals surface area contributed by atoms with E-state index in [0.29, 0.717) is 0 Å². The molecule has 2 fully saturated rings. The molecular weight excluding hydrogens is 252 g/mol. The Morgan fingerprint density at radius 3 is 2.57 bits per heavy atom. The van der Waals surface area contributed by atoms with Gasteiger partial charge in [-0.1, -0.05) is 49.6 Å². The highest BCUT2D eigenvalue weighted by atomic mass is 14.5. The van der Waals surface area contributed by atoms with Crippen molar-refractivity contribution in [2.24, 2.45) is 35.5 Å². The van der Waals surface area contributed by atoms with Crippen LogP contribution in [0.1, 0.15) is 59.3 Å². The first-order valence-electron chi connectivity index (χ1n) is 9.23. The molecule has 0 saturated heterocycles. The first kappa shape index (κ1) is 13.9. The molecule has 0 radical (unpaired) electrons. The maximum absolute atomic E-state index is 2.60. The second kappa shape index (κ2) is 5.14. The van der Waals surface area contributed by atoms with Crippen LogP contribution in [-0.2, 0) is 0 Å². The molecule has 4 rings (SSSR count). The van der Waals surface area contributed by atoms with Crippen LogP contribution in [0.15, 0.2) is 34.9 Å². The zero-order chi connectivity index (χ0) is 14.6. The molecule has 0 heteroatoms. The van der Waals surface area contributed by atoms with Crippen molar-refractivity contribution >= 4 is 0 Å². The van der Waals surface area contributed by atoms with Gasteiger partial charge in [0.2, 0.25) is 0 Å². The first-order chi connectivity index (χ1) is 10.1. The summed E-state index contributed by atoms with van der Waals surface area (Å²) < 4.78 is 0. The van der Waals surface area contributed by atoms with Crippen LogP contribution in [0, 0.1) is 35.5 Å². The topological polar surface area (TPSA) is 0 Å². The van der Waals surface area contributed by atoms with Crippen LogP contribution in [0.5, 0.6) is 0 Å². The van der Waals surface area contributed by atoms with Gasteiger partial charge in [0.15, 0.2) is 0 Å². The summed E-state index contributed by atoms with van der Waals surface area (Å²) in [5.41, 5.74) is 5.10. The van der Waals surface area contributed by atoms with E-state index in [4.69, 9.17) is 0 Å². The average molecular weight is 282 g/mol. The van der Waals surface area contributed by atoms with Crippen molar-refractivity contribution in [2.75, 3.05) is 0 Å². The molecule has 21 heavy (non-hydrogen) atoms. The summed E-state index contributed by atoms with van der Waals surface area (Å²) in [6.45, 7) is 7.23. The molecule has 4 aliphatic carbocycles. The minimum absolute atomic E-state index is 0.754. The van der Waals surface area contributed by atoms with Gasteiger partial charge >= 0.3 is 0 Å². The molecular formula is C21H30. The van der Waals surface area contributed by atoms with Gasteiger partial charge in [0.05, 0.1) is 0 Å². The molecule has 0 aromatic carbocycles. The van der Waals surface area contributed by atoms with E-state index in [2.05, 4.69) is 39.0 Å². The highest BCUT2D eigenvalue weighted by Gasteiger charge is 2.46. The highest BCUT2D eigenvalue weighted by molar-refractivity contribution is 5.44. The third-order valence-corrected chi connectivity index (χ3v) is 6.88. The Labute approximate surface area is 130 Å². The number of fused-ring (bicyclic) bond motifs is 5. The molecule has 6 unspecified atom stereocenters. The molecule has 0 aromatic heterocycles. The normalized spacial score (nSPS) is 45.6. The van der Waals surface area contributed by atoms with Crippen LogP contribution in [0.25, 0.3) is 0 Å². The van der Waals surface area contributed by atoms with Crippen molar-refractivity contribution in [3.8, 4) is 0 Å². The summed E-state index contributed by atoms with van der Waals surface area (Å²) in [4.78, 5) is 0. The summed E-state index contributed by atoms with van der Waals surface area (Å²) in [7, 11) is 0. The van der Waals surface area contributed by atoms with Gasteiger partial charge in [-0.05, 0) is 74.2 Å². The standard InChI is InChI=1S/C21H30/c1-13-4-7-16-19(10-13)17-8-5-14(2)12-21(17)18-9-6-15(3)11-20(16)18/h4,7,10,14-15,17-19,21H,5-6,8-9,11-12H2,1-3H3. The maximum atomic E-state index is 2.60. The summed E-state index contributed by atoms with van der Waals surface area (Å²) in [6.07, 6.45) is 16.2. The minimum atomic E-state index is 0.754. The predicted molar refractivity (Wildman–Crippen MR) is 89.9 cm³/mol. The second-order valence-electron chi connectivity index (χ2n) is 8.49. The number of hydrogen-bond donors (Lipinski definition) is 0. The Morgan fingerprint density at radius 2 is 1.71 bits per heavy atom. The molecule has 0 aromatic rings. The lowest BCUT2D eigenvalue weighted by Crippen LogP contribution is -2.42. The summed E-state index contributed by atoms with van der Waals surface area (Å²) in [5.74, 6) is 5.47. The van der Waals surface area contributed by atoms with Gasteiger partial charge in [-0.15, -0.1) is 0 Å². The van der Waals surface area contributed by atoms with E-state index in [1.807, 2.05) is 5.57 Å².